The van der Waals surface area contributed by atoms with Crippen LogP contribution in [0.3, 0.4) is 0 Å². The summed E-state index contributed by atoms with van der Waals surface area (Å²) in [6, 6.07) is 15.0. The number of hydrogen-bond donors (Lipinski definition) is 1. The van der Waals surface area contributed by atoms with Crippen LogP contribution in [0.5, 0.6) is 0 Å². The van der Waals surface area contributed by atoms with Crippen LogP contribution >= 0.6 is 0 Å². The van der Waals surface area contributed by atoms with Crippen LogP contribution in [0.15, 0.2) is 54.6 Å². The number of hydrogen-bond acceptors (Lipinski definition) is 2. The fourth-order valence-corrected chi connectivity index (χ4v) is 3.53. The van der Waals surface area contributed by atoms with Crippen molar-refractivity contribution in [3.05, 3.63) is 71.5 Å². The maximum Gasteiger partial charge on any atom is 0.258 e. The Bertz CT molecular complexity index is 1060. The van der Waals surface area contributed by atoms with Gasteiger partial charge in [-0.3, -0.25) is 9.59 Å². The Kier molecular flexibility index (Phi) is 4.36. The quantitative estimate of drug-likeness (QED) is 0.695. The lowest BCUT2D eigenvalue weighted by molar-refractivity contribution is 0.0990. The molecule has 3 aromatic carbocycles. The van der Waals surface area contributed by atoms with E-state index in [-0.39, 0.29) is 11.5 Å². The number of halogens is 1. The number of carbonyl (C=O) groups excluding carboxylic acids is 2. The summed E-state index contributed by atoms with van der Waals surface area (Å²) in [6.07, 6.45) is 1.92. The molecule has 0 spiro atoms. The fraction of sp³-hybridized carbons (Fsp3) is 0.182. The summed E-state index contributed by atoms with van der Waals surface area (Å²) >= 11 is 0. The average molecular weight is 362 g/mol. The van der Waals surface area contributed by atoms with E-state index in [1.165, 1.54) is 12.1 Å². The van der Waals surface area contributed by atoms with Crippen LogP contribution in [-0.4, -0.2) is 18.4 Å². The topological polar surface area (TPSA) is 49.4 Å². The SMILES string of the molecule is CCCCN1C(=O)c2cccc3c(NC(=O)c4ccccc4F)ccc1c23. The fourth-order valence-electron chi connectivity index (χ4n) is 3.53. The summed E-state index contributed by atoms with van der Waals surface area (Å²) in [6.45, 7) is 2.75. The lowest BCUT2D eigenvalue weighted by Crippen LogP contribution is -2.27. The molecular formula is C22H19FN2O2. The maximum atomic E-state index is 13.9. The van der Waals surface area contributed by atoms with Gasteiger partial charge in [0.2, 0.25) is 0 Å². The number of benzene rings is 3. The molecule has 0 bridgehead atoms. The molecule has 0 unspecified atom stereocenters. The van der Waals surface area contributed by atoms with E-state index in [2.05, 4.69) is 12.2 Å². The number of nitrogens with zero attached hydrogens (tertiary/aromatic N) is 1. The first-order chi connectivity index (χ1) is 13.1. The van der Waals surface area contributed by atoms with E-state index in [0.29, 0.717) is 17.8 Å². The van der Waals surface area contributed by atoms with Crippen molar-refractivity contribution in [1.82, 2.24) is 0 Å². The van der Waals surface area contributed by atoms with Gasteiger partial charge in [0.05, 0.1) is 11.3 Å². The van der Waals surface area contributed by atoms with Gasteiger partial charge in [0, 0.05) is 28.6 Å². The number of unbranched alkanes of at least 4 members (excludes halogenated alkanes) is 1. The van der Waals surface area contributed by atoms with E-state index in [0.717, 1.165) is 29.3 Å². The molecule has 2 amide bonds. The molecule has 0 atom stereocenters. The molecule has 27 heavy (non-hydrogen) atoms. The van der Waals surface area contributed by atoms with Crippen molar-refractivity contribution in [2.45, 2.75) is 19.8 Å². The minimum Gasteiger partial charge on any atom is -0.321 e. The Morgan fingerprint density at radius 1 is 1.07 bits per heavy atom. The predicted octanol–water partition coefficient (Wildman–Crippen LogP) is 4.99. The third-order valence-corrected chi connectivity index (χ3v) is 4.89. The summed E-state index contributed by atoms with van der Waals surface area (Å²) in [7, 11) is 0. The highest BCUT2D eigenvalue weighted by Gasteiger charge is 2.30. The smallest absolute Gasteiger partial charge is 0.258 e. The minimum atomic E-state index is -0.568. The van der Waals surface area contributed by atoms with Crippen LogP contribution < -0.4 is 10.2 Å². The monoisotopic (exact) mass is 362 g/mol. The Morgan fingerprint density at radius 2 is 1.89 bits per heavy atom. The summed E-state index contributed by atoms with van der Waals surface area (Å²) < 4.78 is 13.9. The van der Waals surface area contributed by atoms with Crippen LogP contribution in [0.1, 0.15) is 40.5 Å². The van der Waals surface area contributed by atoms with Gasteiger partial charge in [0.25, 0.3) is 11.8 Å². The van der Waals surface area contributed by atoms with Gasteiger partial charge in [-0.15, -0.1) is 0 Å². The summed E-state index contributed by atoms with van der Waals surface area (Å²) in [4.78, 5) is 27.1. The number of amides is 2. The second kappa shape index (κ2) is 6.83. The van der Waals surface area contributed by atoms with Gasteiger partial charge in [-0.05, 0) is 36.8 Å². The van der Waals surface area contributed by atoms with Crippen molar-refractivity contribution in [3.8, 4) is 0 Å². The molecule has 4 nitrogen and oxygen atoms in total. The predicted molar refractivity (Wildman–Crippen MR) is 105 cm³/mol. The van der Waals surface area contributed by atoms with Crippen molar-refractivity contribution in [3.63, 3.8) is 0 Å². The van der Waals surface area contributed by atoms with Crippen LogP contribution in [0.2, 0.25) is 0 Å². The first-order valence-electron chi connectivity index (χ1n) is 9.05. The van der Waals surface area contributed by atoms with Crippen molar-refractivity contribution in [2.24, 2.45) is 0 Å². The second-order valence-corrected chi connectivity index (χ2v) is 6.60. The van der Waals surface area contributed by atoms with E-state index in [1.54, 1.807) is 29.2 Å². The highest BCUT2D eigenvalue weighted by atomic mass is 19.1. The summed E-state index contributed by atoms with van der Waals surface area (Å²) in [5.41, 5.74) is 2.05. The van der Waals surface area contributed by atoms with Crippen LogP contribution in [0.25, 0.3) is 10.8 Å². The molecule has 0 aliphatic carbocycles. The van der Waals surface area contributed by atoms with Gasteiger partial charge in [-0.2, -0.15) is 0 Å². The number of carbonyl (C=O) groups is 2. The second-order valence-electron chi connectivity index (χ2n) is 6.60. The first-order valence-corrected chi connectivity index (χ1v) is 9.05. The molecule has 5 heteroatoms. The molecular weight excluding hydrogens is 343 g/mol. The molecule has 1 heterocycles. The Hall–Kier alpha value is -3.21. The number of anilines is 2. The minimum absolute atomic E-state index is 0.0124. The third-order valence-electron chi connectivity index (χ3n) is 4.89. The molecule has 4 rings (SSSR count). The van der Waals surface area contributed by atoms with E-state index < -0.39 is 11.7 Å². The largest absolute Gasteiger partial charge is 0.321 e. The zero-order chi connectivity index (χ0) is 19.0. The van der Waals surface area contributed by atoms with E-state index in [9.17, 15) is 14.0 Å². The van der Waals surface area contributed by atoms with E-state index in [1.807, 2.05) is 18.2 Å². The molecule has 0 aromatic heterocycles. The van der Waals surface area contributed by atoms with Crippen molar-refractivity contribution >= 4 is 34.0 Å². The summed E-state index contributed by atoms with van der Waals surface area (Å²) in [5, 5.41) is 4.41. The average Bonchev–Trinajstić information content (AvgIpc) is 2.95. The van der Waals surface area contributed by atoms with Gasteiger partial charge in [-0.1, -0.05) is 37.6 Å². The molecule has 0 radical (unpaired) electrons. The van der Waals surface area contributed by atoms with E-state index >= 15 is 0 Å². The molecule has 0 saturated carbocycles. The highest BCUT2D eigenvalue weighted by molar-refractivity contribution is 6.27. The number of rotatable bonds is 5. The Balaban J connectivity index is 1.75. The standard InChI is InChI=1S/C22H19FN2O2/c1-2-3-13-25-19-12-11-18(15-8-6-9-16(20(15)19)22(25)27)24-21(26)14-7-4-5-10-17(14)23/h4-12H,2-3,13H2,1H3,(H,24,26). The summed E-state index contributed by atoms with van der Waals surface area (Å²) in [5.74, 6) is -1.09. The maximum absolute atomic E-state index is 13.9. The van der Waals surface area contributed by atoms with Gasteiger partial charge < -0.3 is 10.2 Å². The number of nitrogens with one attached hydrogen (secondary N) is 1. The van der Waals surface area contributed by atoms with E-state index in [4.69, 9.17) is 0 Å². The lowest BCUT2D eigenvalue weighted by Gasteiger charge is -2.17. The molecule has 0 fully saturated rings. The zero-order valence-corrected chi connectivity index (χ0v) is 15.0. The molecule has 0 saturated heterocycles. The zero-order valence-electron chi connectivity index (χ0n) is 15.0. The normalized spacial score (nSPS) is 12.7. The molecule has 3 aromatic rings. The van der Waals surface area contributed by atoms with Crippen molar-refractivity contribution < 1.29 is 14.0 Å². The van der Waals surface area contributed by atoms with Crippen LogP contribution in [0.4, 0.5) is 15.8 Å². The van der Waals surface area contributed by atoms with Crippen molar-refractivity contribution in [1.29, 1.82) is 0 Å². The van der Waals surface area contributed by atoms with Gasteiger partial charge >= 0.3 is 0 Å². The highest BCUT2D eigenvalue weighted by Crippen LogP contribution is 2.40. The first kappa shape index (κ1) is 17.2. The Morgan fingerprint density at radius 3 is 2.67 bits per heavy atom. The third kappa shape index (κ3) is 2.85. The van der Waals surface area contributed by atoms with Gasteiger partial charge in [0.1, 0.15) is 5.82 Å². The molecule has 1 aliphatic heterocycles. The molecule has 1 aliphatic rings. The van der Waals surface area contributed by atoms with Crippen LogP contribution in [-0.2, 0) is 0 Å². The van der Waals surface area contributed by atoms with Gasteiger partial charge in [0.15, 0.2) is 0 Å². The van der Waals surface area contributed by atoms with Crippen LogP contribution in [0, 0.1) is 5.82 Å². The molecule has 1 N–H and O–H groups in total. The lowest BCUT2D eigenvalue weighted by atomic mass is 10.0. The van der Waals surface area contributed by atoms with Gasteiger partial charge in [-0.25, -0.2) is 4.39 Å². The molecule has 136 valence electrons. The van der Waals surface area contributed by atoms with Crippen molar-refractivity contribution in [2.75, 3.05) is 16.8 Å². The Labute approximate surface area is 156 Å².